The molecule has 62 valence electrons. The molecule has 0 spiro atoms. The Kier molecular flexibility index (Phi) is 3.13. The van der Waals surface area contributed by atoms with Gasteiger partial charge >= 0.3 is 0 Å². The summed E-state index contributed by atoms with van der Waals surface area (Å²) in [5.41, 5.74) is 0. The summed E-state index contributed by atoms with van der Waals surface area (Å²) in [7, 11) is -2.96. The molecule has 0 aromatic heterocycles. The monoisotopic (exact) mass is 174 g/mol. The van der Waals surface area contributed by atoms with Gasteiger partial charge in [0.15, 0.2) is 0 Å². The minimum absolute atomic E-state index is 0.387. The summed E-state index contributed by atoms with van der Waals surface area (Å²) in [4.78, 5) is 0. The standard InChI is InChI=1S/C3H8F2N2O2S/c1-7(2-3(4)5)10(6,8)9/h3H,2H2,1H3,(H2,6,8,9). The first-order chi connectivity index (χ1) is 4.34. The van der Waals surface area contributed by atoms with E-state index in [4.69, 9.17) is 0 Å². The molecular weight excluding hydrogens is 166 g/mol. The fourth-order valence-corrected chi connectivity index (χ4v) is 0.619. The molecule has 0 saturated carbocycles. The van der Waals surface area contributed by atoms with Crippen molar-refractivity contribution >= 4 is 10.2 Å². The Morgan fingerprint density at radius 1 is 1.60 bits per heavy atom. The van der Waals surface area contributed by atoms with E-state index in [2.05, 4.69) is 5.14 Å². The average molecular weight is 174 g/mol. The normalized spacial score (nSPS) is 13.0. The molecule has 0 radical (unpaired) electrons. The fourth-order valence-electron chi connectivity index (χ4n) is 0.298. The maximum absolute atomic E-state index is 11.5. The third-order valence-corrected chi connectivity index (χ3v) is 1.85. The molecule has 2 N–H and O–H groups in total. The molecule has 0 aliphatic carbocycles. The van der Waals surface area contributed by atoms with Gasteiger partial charge in [0.25, 0.3) is 16.6 Å². The Labute approximate surface area is 57.8 Å². The highest BCUT2D eigenvalue weighted by Gasteiger charge is 2.15. The Morgan fingerprint density at radius 3 is 2.10 bits per heavy atom. The molecule has 0 amide bonds. The predicted molar refractivity (Wildman–Crippen MR) is 31.7 cm³/mol. The SMILES string of the molecule is CN(CC(F)F)S(N)(=O)=O. The number of nitrogens with zero attached hydrogens (tertiary/aromatic N) is 1. The van der Waals surface area contributed by atoms with Crippen molar-refractivity contribution in [1.82, 2.24) is 4.31 Å². The van der Waals surface area contributed by atoms with Crippen LogP contribution >= 0.6 is 0 Å². The lowest BCUT2D eigenvalue weighted by atomic mass is 10.7. The Balaban J connectivity index is 3.99. The molecule has 10 heavy (non-hydrogen) atoms. The van der Waals surface area contributed by atoms with Crippen LogP contribution in [0.1, 0.15) is 0 Å². The summed E-state index contributed by atoms with van der Waals surface area (Å²) in [6, 6.07) is 0. The van der Waals surface area contributed by atoms with Crippen molar-refractivity contribution < 1.29 is 17.2 Å². The molecule has 0 rings (SSSR count). The molecule has 0 unspecified atom stereocenters. The zero-order chi connectivity index (χ0) is 8.36. The average Bonchev–Trinajstić information content (AvgIpc) is 1.60. The molecule has 4 nitrogen and oxygen atoms in total. The number of halogens is 2. The van der Waals surface area contributed by atoms with Crippen LogP contribution in [0.15, 0.2) is 0 Å². The second kappa shape index (κ2) is 3.22. The lowest BCUT2D eigenvalue weighted by molar-refractivity contribution is 0.126. The summed E-state index contributed by atoms with van der Waals surface area (Å²) < 4.78 is 43.8. The molecule has 7 heteroatoms. The first-order valence-corrected chi connectivity index (χ1v) is 3.86. The van der Waals surface area contributed by atoms with Crippen LogP contribution in [-0.2, 0) is 10.2 Å². The van der Waals surface area contributed by atoms with Gasteiger partial charge in [0.05, 0.1) is 6.54 Å². The molecule has 0 bridgehead atoms. The molecular formula is C3H8F2N2O2S. The second-order valence-electron chi connectivity index (χ2n) is 1.72. The minimum Gasteiger partial charge on any atom is -0.216 e. The third kappa shape index (κ3) is 3.70. The molecule has 0 fully saturated rings. The van der Waals surface area contributed by atoms with Crippen molar-refractivity contribution in [3.05, 3.63) is 0 Å². The Bertz CT molecular complexity index is 191. The lowest BCUT2D eigenvalue weighted by Gasteiger charge is -2.11. The first-order valence-electron chi connectivity index (χ1n) is 2.36. The zero-order valence-corrected chi connectivity index (χ0v) is 6.11. The van der Waals surface area contributed by atoms with Gasteiger partial charge in [-0.3, -0.25) is 0 Å². The van der Waals surface area contributed by atoms with E-state index >= 15 is 0 Å². The van der Waals surface area contributed by atoms with Gasteiger partial charge in [-0.1, -0.05) is 0 Å². The van der Waals surface area contributed by atoms with Crippen molar-refractivity contribution in [2.45, 2.75) is 6.43 Å². The van der Waals surface area contributed by atoms with Crippen molar-refractivity contribution in [2.24, 2.45) is 5.14 Å². The second-order valence-corrected chi connectivity index (χ2v) is 3.37. The summed E-state index contributed by atoms with van der Waals surface area (Å²) >= 11 is 0. The van der Waals surface area contributed by atoms with Gasteiger partial charge in [0.2, 0.25) is 0 Å². The molecule has 0 saturated heterocycles. The summed E-state index contributed by atoms with van der Waals surface area (Å²) in [5, 5.41) is 4.49. The summed E-state index contributed by atoms with van der Waals surface area (Å²) in [5.74, 6) is 0. The van der Waals surface area contributed by atoms with Gasteiger partial charge in [-0.25, -0.2) is 13.9 Å². The first kappa shape index (κ1) is 9.73. The zero-order valence-electron chi connectivity index (χ0n) is 5.29. The van der Waals surface area contributed by atoms with Crippen LogP contribution in [0.25, 0.3) is 0 Å². The van der Waals surface area contributed by atoms with Crippen LogP contribution in [0.4, 0.5) is 8.78 Å². The Morgan fingerprint density at radius 2 is 2.00 bits per heavy atom. The number of nitrogens with two attached hydrogens (primary N) is 1. The van der Waals surface area contributed by atoms with Gasteiger partial charge < -0.3 is 0 Å². The number of alkyl halides is 2. The molecule has 0 aromatic carbocycles. The molecule has 0 aromatic rings. The number of rotatable bonds is 3. The van der Waals surface area contributed by atoms with Crippen LogP contribution in [-0.4, -0.2) is 32.7 Å². The minimum atomic E-state index is -3.94. The number of hydrogen-bond acceptors (Lipinski definition) is 2. The van der Waals surface area contributed by atoms with Gasteiger partial charge in [-0.05, 0) is 0 Å². The van der Waals surface area contributed by atoms with Gasteiger partial charge in [0, 0.05) is 7.05 Å². The molecule has 0 atom stereocenters. The molecule has 0 heterocycles. The highest BCUT2D eigenvalue weighted by molar-refractivity contribution is 7.86. The van der Waals surface area contributed by atoms with Crippen LogP contribution in [0.5, 0.6) is 0 Å². The van der Waals surface area contributed by atoms with Crippen molar-refractivity contribution in [3.8, 4) is 0 Å². The lowest BCUT2D eigenvalue weighted by Crippen LogP contribution is -2.36. The van der Waals surface area contributed by atoms with E-state index in [0.717, 1.165) is 7.05 Å². The van der Waals surface area contributed by atoms with E-state index in [9.17, 15) is 17.2 Å². The molecule has 0 aliphatic rings. The third-order valence-electron chi connectivity index (χ3n) is 0.830. The van der Waals surface area contributed by atoms with E-state index in [-0.39, 0.29) is 0 Å². The van der Waals surface area contributed by atoms with Crippen LogP contribution in [0, 0.1) is 0 Å². The van der Waals surface area contributed by atoms with Gasteiger partial charge in [0.1, 0.15) is 0 Å². The van der Waals surface area contributed by atoms with Crippen molar-refractivity contribution in [3.63, 3.8) is 0 Å². The highest BCUT2D eigenvalue weighted by atomic mass is 32.2. The van der Waals surface area contributed by atoms with E-state index in [1.165, 1.54) is 0 Å². The largest absolute Gasteiger partial charge is 0.276 e. The Hall–Kier alpha value is -0.270. The van der Waals surface area contributed by atoms with Crippen LogP contribution in [0.2, 0.25) is 0 Å². The topological polar surface area (TPSA) is 63.4 Å². The van der Waals surface area contributed by atoms with Crippen molar-refractivity contribution in [2.75, 3.05) is 13.6 Å². The van der Waals surface area contributed by atoms with E-state index in [1.54, 1.807) is 0 Å². The van der Waals surface area contributed by atoms with Gasteiger partial charge in [-0.2, -0.15) is 12.7 Å². The van der Waals surface area contributed by atoms with E-state index in [0.29, 0.717) is 4.31 Å². The van der Waals surface area contributed by atoms with Crippen LogP contribution < -0.4 is 5.14 Å². The van der Waals surface area contributed by atoms with E-state index < -0.39 is 23.2 Å². The highest BCUT2D eigenvalue weighted by Crippen LogP contribution is 1.97. The van der Waals surface area contributed by atoms with E-state index in [1.807, 2.05) is 0 Å². The van der Waals surface area contributed by atoms with Gasteiger partial charge in [-0.15, -0.1) is 0 Å². The van der Waals surface area contributed by atoms with Crippen molar-refractivity contribution in [1.29, 1.82) is 0 Å². The fraction of sp³-hybridized carbons (Fsp3) is 1.00. The maximum Gasteiger partial charge on any atom is 0.276 e. The smallest absolute Gasteiger partial charge is 0.216 e. The predicted octanol–water partition coefficient (Wildman–Crippen LogP) is -0.613. The van der Waals surface area contributed by atoms with Crippen LogP contribution in [0.3, 0.4) is 0 Å². The summed E-state index contributed by atoms with van der Waals surface area (Å²) in [6.07, 6.45) is -2.69. The summed E-state index contributed by atoms with van der Waals surface area (Å²) in [6.45, 7) is -0.862. The number of hydrogen-bond donors (Lipinski definition) is 1. The quantitative estimate of drug-likeness (QED) is 0.620. The maximum atomic E-state index is 11.5. The molecule has 0 aliphatic heterocycles.